The predicted octanol–water partition coefficient (Wildman–Crippen LogP) is 3.53. The fourth-order valence-electron chi connectivity index (χ4n) is 2.20. The summed E-state index contributed by atoms with van der Waals surface area (Å²) in [6.07, 6.45) is 0.586. The number of benzene rings is 1. The number of amides is 2. The molecular formula is C13H13Cl2NO2. The van der Waals surface area contributed by atoms with Crippen molar-refractivity contribution in [2.75, 3.05) is 4.90 Å². The average molecular weight is 286 g/mol. The van der Waals surface area contributed by atoms with E-state index in [1.54, 1.807) is 18.2 Å². The molecule has 0 N–H and O–H groups in total. The Balaban J connectivity index is 2.46. The van der Waals surface area contributed by atoms with E-state index in [-0.39, 0.29) is 23.7 Å². The number of hydrogen-bond acceptors (Lipinski definition) is 2. The molecule has 1 aromatic rings. The maximum absolute atomic E-state index is 12.1. The van der Waals surface area contributed by atoms with Gasteiger partial charge >= 0.3 is 0 Å². The van der Waals surface area contributed by atoms with Gasteiger partial charge in [0.1, 0.15) is 0 Å². The van der Waals surface area contributed by atoms with Crippen LogP contribution in [0, 0.1) is 11.8 Å². The molecule has 96 valence electrons. The van der Waals surface area contributed by atoms with E-state index in [9.17, 15) is 9.59 Å². The third-order valence-electron chi connectivity index (χ3n) is 3.10. The number of carbonyl (C=O) groups excluding carboxylic acids is 2. The Bertz CT molecular complexity index is 475. The van der Waals surface area contributed by atoms with Gasteiger partial charge in [-0.25, -0.2) is 0 Å². The summed E-state index contributed by atoms with van der Waals surface area (Å²) in [5.74, 6) is -0.737. The molecule has 2 amide bonds. The second kappa shape index (κ2) is 4.90. The lowest BCUT2D eigenvalue weighted by Crippen LogP contribution is -2.48. The quantitative estimate of drug-likeness (QED) is 0.741. The zero-order chi connectivity index (χ0) is 13.4. The molecule has 0 aromatic heterocycles. The molecule has 1 saturated heterocycles. The third kappa shape index (κ3) is 2.38. The van der Waals surface area contributed by atoms with Crippen molar-refractivity contribution in [2.45, 2.75) is 20.3 Å². The van der Waals surface area contributed by atoms with Crippen molar-refractivity contribution in [1.82, 2.24) is 0 Å². The van der Waals surface area contributed by atoms with E-state index >= 15 is 0 Å². The molecule has 1 fully saturated rings. The first-order valence-corrected chi connectivity index (χ1v) is 6.49. The largest absolute Gasteiger partial charge is 0.274 e. The van der Waals surface area contributed by atoms with Crippen molar-refractivity contribution in [3.8, 4) is 0 Å². The van der Waals surface area contributed by atoms with Crippen molar-refractivity contribution < 1.29 is 9.59 Å². The minimum absolute atomic E-state index is 0.171. The standard InChI is InChI=1S/C13H13Cl2NO2/c1-7-3-8(2)13(18)16(12(7)17)11-5-9(14)4-10(15)6-11/h4-8H,3H2,1-2H3. The summed E-state index contributed by atoms with van der Waals surface area (Å²) in [5, 5.41) is 0.813. The Kier molecular flexibility index (Phi) is 3.64. The van der Waals surface area contributed by atoms with Crippen LogP contribution in [0.5, 0.6) is 0 Å². The van der Waals surface area contributed by atoms with Gasteiger partial charge in [-0.2, -0.15) is 0 Å². The molecule has 1 aliphatic rings. The highest BCUT2D eigenvalue weighted by Gasteiger charge is 2.37. The molecule has 2 rings (SSSR count). The highest BCUT2D eigenvalue weighted by atomic mass is 35.5. The van der Waals surface area contributed by atoms with Gasteiger partial charge in [-0.05, 0) is 24.6 Å². The SMILES string of the molecule is CC1CC(C)C(=O)N(c2cc(Cl)cc(Cl)c2)C1=O. The van der Waals surface area contributed by atoms with Crippen LogP contribution < -0.4 is 4.90 Å². The smallest absolute Gasteiger partial charge is 0.236 e. The summed E-state index contributed by atoms with van der Waals surface area (Å²) in [5.41, 5.74) is 0.445. The molecule has 0 radical (unpaired) electrons. The number of imide groups is 1. The van der Waals surface area contributed by atoms with Crippen LogP contribution in [0.2, 0.25) is 10.0 Å². The third-order valence-corrected chi connectivity index (χ3v) is 3.53. The molecule has 2 unspecified atom stereocenters. The van der Waals surface area contributed by atoms with Crippen LogP contribution in [0.1, 0.15) is 20.3 Å². The van der Waals surface area contributed by atoms with Crippen molar-refractivity contribution in [3.05, 3.63) is 28.2 Å². The summed E-state index contributed by atoms with van der Waals surface area (Å²) in [7, 11) is 0. The Labute approximate surface area is 116 Å². The molecule has 2 atom stereocenters. The first-order chi connectivity index (χ1) is 8.40. The van der Waals surface area contributed by atoms with E-state index in [0.717, 1.165) is 0 Å². The summed E-state index contributed by atoms with van der Waals surface area (Å²) in [4.78, 5) is 25.4. The van der Waals surface area contributed by atoms with Gasteiger partial charge in [-0.3, -0.25) is 14.5 Å². The Morgan fingerprint density at radius 1 is 1.00 bits per heavy atom. The second-order valence-electron chi connectivity index (χ2n) is 4.68. The lowest BCUT2D eigenvalue weighted by molar-refractivity contribution is -0.134. The lowest BCUT2D eigenvalue weighted by Gasteiger charge is -2.32. The van der Waals surface area contributed by atoms with E-state index in [0.29, 0.717) is 22.2 Å². The van der Waals surface area contributed by atoms with Gasteiger partial charge in [0.15, 0.2) is 0 Å². The first-order valence-electron chi connectivity index (χ1n) is 5.74. The van der Waals surface area contributed by atoms with Crippen LogP contribution in [0.25, 0.3) is 0 Å². The molecule has 18 heavy (non-hydrogen) atoms. The molecule has 0 saturated carbocycles. The number of nitrogens with zero attached hydrogens (tertiary/aromatic N) is 1. The number of piperidine rings is 1. The van der Waals surface area contributed by atoms with Gasteiger partial charge in [-0.1, -0.05) is 37.0 Å². The van der Waals surface area contributed by atoms with Gasteiger partial charge in [-0.15, -0.1) is 0 Å². The fraction of sp³-hybridized carbons (Fsp3) is 0.385. The number of rotatable bonds is 1. The van der Waals surface area contributed by atoms with Gasteiger partial charge in [0.25, 0.3) is 0 Å². The molecule has 0 aliphatic carbocycles. The summed E-state index contributed by atoms with van der Waals surface area (Å²) in [6, 6.07) is 4.72. The topological polar surface area (TPSA) is 37.4 Å². The number of halogens is 2. The average Bonchev–Trinajstić information content (AvgIpc) is 2.25. The molecule has 1 aliphatic heterocycles. The highest BCUT2D eigenvalue weighted by molar-refractivity contribution is 6.35. The van der Waals surface area contributed by atoms with Crippen molar-refractivity contribution in [2.24, 2.45) is 11.8 Å². The van der Waals surface area contributed by atoms with Gasteiger partial charge < -0.3 is 0 Å². The Morgan fingerprint density at radius 2 is 1.44 bits per heavy atom. The van der Waals surface area contributed by atoms with E-state index in [4.69, 9.17) is 23.2 Å². The number of carbonyl (C=O) groups is 2. The molecule has 3 nitrogen and oxygen atoms in total. The molecular weight excluding hydrogens is 273 g/mol. The molecule has 1 aromatic carbocycles. The zero-order valence-corrected chi connectivity index (χ0v) is 11.6. The van der Waals surface area contributed by atoms with E-state index in [2.05, 4.69) is 0 Å². The van der Waals surface area contributed by atoms with E-state index in [1.165, 1.54) is 4.90 Å². The first kappa shape index (κ1) is 13.4. The minimum Gasteiger partial charge on any atom is -0.274 e. The van der Waals surface area contributed by atoms with Crippen molar-refractivity contribution in [3.63, 3.8) is 0 Å². The van der Waals surface area contributed by atoms with Crippen LogP contribution in [0.15, 0.2) is 18.2 Å². The maximum Gasteiger partial charge on any atom is 0.236 e. The Morgan fingerprint density at radius 3 is 1.89 bits per heavy atom. The molecule has 0 bridgehead atoms. The van der Waals surface area contributed by atoms with Crippen molar-refractivity contribution >= 4 is 40.7 Å². The van der Waals surface area contributed by atoms with E-state index < -0.39 is 0 Å². The molecule has 1 heterocycles. The monoisotopic (exact) mass is 285 g/mol. The fourth-order valence-corrected chi connectivity index (χ4v) is 2.72. The minimum atomic E-state index is -0.198. The van der Waals surface area contributed by atoms with Crippen LogP contribution in [0.3, 0.4) is 0 Å². The number of anilines is 1. The Hall–Kier alpha value is -1.06. The highest BCUT2D eigenvalue weighted by Crippen LogP contribution is 2.32. The van der Waals surface area contributed by atoms with Crippen molar-refractivity contribution in [1.29, 1.82) is 0 Å². The van der Waals surface area contributed by atoms with Crippen LogP contribution in [0.4, 0.5) is 5.69 Å². The summed E-state index contributed by atoms with van der Waals surface area (Å²) >= 11 is 11.8. The van der Waals surface area contributed by atoms with Crippen LogP contribution in [-0.2, 0) is 9.59 Å². The molecule has 0 spiro atoms. The zero-order valence-electron chi connectivity index (χ0n) is 10.1. The normalized spacial score (nSPS) is 24.6. The molecule has 5 heteroatoms. The maximum atomic E-state index is 12.1. The predicted molar refractivity (Wildman–Crippen MR) is 71.9 cm³/mol. The summed E-state index contributed by atoms with van der Waals surface area (Å²) < 4.78 is 0. The van der Waals surface area contributed by atoms with Gasteiger partial charge in [0.05, 0.1) is 5.69 Å². The van der Waals surface area contributed by atoms with Crippen LogP contribution in [-0.4, -0.2) is 11.8 Å². The number of hydrogen-bond donors (Lipinski definition) is 0. The second-order valence-corrected chi connectivity index (χ2v) is 5.55. The van der Waals surface area contributed by atoms with Gasteiger partial charge in [0, 0.05) is 21.9 Å². The van der Waals surface area contributed by atoms with E-state index in [1.807, 2.05) is 13.8 Å². The summed E-state index contributed by atoms with van der Waals surface area (Å²) in [6.45, 7) is 3.65. The van der Waals surface area contributed by atoms with Crippen LogP contribution >= 0.6 is 23.2 Å². The lowest BCUT2D eigenvalue weighted by atomic mass is 9.90. The van der Waals surface area contributed by atoms with Gasteiger partial charge in [0.2, 0.25) is 11.8 Å².